The maximum Gasteiger partial charge on any atom is 0.339 e. The Labute approximate surface area is 270 Å². The van der Waals surface area contributed by atoms with Crippen molar-refractivity contribution in [3.63, 3.8) is 0 Å². The molecule has 4 amide bonds. The van der Waals surface area contributed by atoms with Crippen LogP contribution in [-0.4, -0.2) is 54.7 Å². The van der Waals surface area contributed by atoms with Gasteiger partial charge in [-0.3, -0.25) is 19.2 Å². The normalized spacial score (nSPS) is 30.2. The first-order chi connectivity index (χ1) is 21.8. The molecule has 3 fully saturated rings. The summed E-state index contributed by atoms with van der Waals surface area (Å²) < 4.78 is 13.8. The van der Waals surface area contributed by atoms with E-state index in [0.29, 0.717) is 11.1 Å². The standard InChI is InChI=1S/C33H23Cl2FN2O8/c34-32-14-23-20(10-11-22-25(23)28(42)37(27(22)41)18-8-9-21(29(43)44)24(40)13-18)26(15-2-1-3-19(39)12-15)33(32,35)31(46)38(30(32)45)17-6-4-16(36)5-7-17/h1-10,12-13,22-23,25-26,39-40H,11,14H2,(H,43,44)/t22-,23+,25-,26-,32+,33-/m0/s1. The predicted octanol–water partition coefficient (Wildman–Crippen LogP) is 4.70. The largest absolute Gasteiger partial charge is 0.508 e. The molecule has 3 aromatic carbocycles. The maximum atomic E-state index is 14.3. The van der Waals surface area contributed by atoms with Gasteiger partial charge in [0.1, 0.15) is 22.9 Å². The van der Waals surface area contributed by atoms with Crippen LogP contribution in [0.15, 0.2) is 78.4 Å². The van der Waals surface area contributed by atoms with E-state index >= 15 is 0 Å². The summed E-state index contributed by atoms with van der Waals surface area (Å²) in [6.07, 6.45) is 1.48. The summed E-state index contributed by atoms with van der Waals surface area (Å²) in [5.41, 5.74) is 0.434. The Morgan fingerprint density at radius 2 is 1.54 bits per heavy atom. The van der Waals surface area contributed by atoms with E-state index in [2.05, 4.69) is 0 Å². The van der Waals surface area contributed by atoms with Gasteiger partial charge in [0.25, 0.3) is 11.8 Å². The van der Waals surface area contributed by atoms with Crippen LogP contribution in [0.3, 0.4) is 0 Å². The van der Waals surface area contributed by atoms with Gasteiger partial charge < -0.3 is 15.3 Å². The number of imide groups is 2. The molecule has 10 nitrogen and oxygen atoms in total. The van der Waals surface area contributed by atoms with Crippen molar-refractivity contribution in [2.45, 2.75) is 28.5 Å². The number of phenols is 2. The minimum Gasteiger partial charge on any atom is -0.508 e. The third kappa shape index (κ3) is 3.91. The molecular weight excluding hydrogens is 642 g/mol. The highest BCUT2D eigenvalue weighted by Gasteiger charge is 2.76. The number of aromatic carboxylic acids is 1. The number of amides is 4. The van der Waals surface area contributed by atoms with E-state index in [1.165, 1.54) is 36.4 Å². The molecule has 46 heavy (non-hydrogen) atoms. The number of carbonyl (C=O) groups excluding carboxylic acids is 4. The molecule has 7 rings (SSSR count). The molecule has 3 N–H and O–H groups in total. The first-order valence-electron chi connectivity index (χ1n) is 14.2. The van der Waals surface area contributed by atoms with Crippen LogP contribution in [0.2, 0.25) is 0 Å². The Hall–Kier alpha value is -4.74. The summed E-state index contributed by atoms with van der Waals surface area (Å²) in [5, 5.41) is 30.0. The third-order valence-electron chi connectivity index (χ3n) is 9.57. The van der Waals surface area contributed by atoms with Crippen LogP contribution in [0.4, 0.5) is 15.8 Å². The van der Waals surface area contributed by atoms with Gasteiger partial charge in [0.15, 0.2) is 9.75 Å². The summed E-state index contributed by atoms with van der Waals surface area (Å²) in [6.45, 7) is 0. The average Bonchev–Trinajstić information content (AvgIpc) is 3.35. The van der Waals surface area contributed by atoms with Crippen LogP contribution in [0, 0.1) is 23.6 Å². The number of halogens is 3. The van der Waals surface area contributed by atoms with Gasteiger partial charge in [-0.1, -0.05) is 23.8 Å². The van der Waals surface area contributed by atoms with Gasteiger partial charge in [-0.2, -0.15) is 0 Å². The monoisotopic (exact) mass is 664 g/mol. The summed E-state index contributed by atoms with van der Waals surface area (Å²) >= 11 is 14.5. The molecule has 2 saturated heterocycles. The van der Waals surface area contributed by atoms with Crippen molar-refractivity contribution < 1.29 is 43.7 Å². The highest BCUT2D eigenvalue weighted by molar-refractivity contribution is 6.58. The predicted molar refractivity (Wildman–Crippen MR) is 162 cm³/mol. The molecule has 13 heteroatoms. The van der Waals surface area contributed by atoms with Crippen molar-refractivity contribution >= 4 is 64.2 Å². The molecule has 0 radical (unpaired) electrons. The number of alkyl halides is 2. The van der Waals surface area contributed by atoms with Gasteiger partial charge in [-0.15, -0.1) is 23.2 Å². The van der Waals surface area contributed by atoms with Crippen LogP contribution in [0.1, 0.15) is 34.7 Å². The lowest BCUT2D eigenvalue weighted by atomic mass is 9.56. The molecule has 1 saturated carbocycles. The van der Waals surface area contributed by atoms with Crippen molar-refractivity contribution in [1.82, 2.24) is 0 Å². The molecule has 0 spiro atoms. The van der Waals surface area contributed by atoms with Gasteiger partial charge in [-0.25, -0.2) is 19.0 Å². The topological polar surface area (TPSA) is 153 Å². The fraction of sp³-hybridized carbons (Fsp3) is 0.242. The Balaban J connectivity index is 1.37. The van der Waals surface area contributed by atoms with E-state index < -0.39 is 80.1 Å². The zero-order chi connectivity index (χ0) is 32.9. The molecule has 2 aliphatic carbocycles. The Morgan fingerprint density at radius 3 is 2.20 bits per heavy atom. The van der Waals surface area contributed by atoms with Crippen molar-refractivity contribution in [2.24, 2.45) is 17.8 Å². The van der Waals surface area contributed by atoms with Crippen LogP contribution in [0.5, 0.6) is 11.5 Å². The summed E-state index contributed by atoms with van der Waals surface area (Å²) in [5.74, 6) is -9.70. The third-order valence-corrected chi connectivity index (χ3v) is 11.0. The number of fused-ring (bicyclic) bond motifs is 4. The van der Waals surface area contributed by atoms with Crippen molar-refractivity contribution in [3.05, 3.63) is 95.3 Å². The molecule has 0 bridgehead atoms. The average molecular weight is 665 g/mol. The number of anilines is 2. The van der Waals surface area contributed by atoms with Crippen LogP contribution < -0.4 is 9.80 Å². The summed E-state index contributed by atoms with van der Waals surface area (Å²) in [7, 11) is 0. The quantitative estimate of drug-likeness (QED) is 0.206. The van der Waals surface area contributed by atoms with E-state index in [9.17, 15) is 43.7 Å². The van der Waals surface area contributed by atoms with Gasteiger partial charge in [-0.05, 0) is 72.9 Å². The van der Waals surface area contributed by atoms with E-state index in [1.807, 2.05) is 0 Å². The molecule has 2 aliphatic heterocycles. The second kappa shape index (κ2) is 10.1. The van der Waals surface area contributed by atoms with Crippen molar-refractivity contribution in [3.8, 4) is 11.5 Å². The zero-order valence-corrected chi connectivity index (χ0v) is 25.1. The van der Waals surface area contributed by atoms with E-state index in [1.54, 1.807) is 12.1 Å². The van der Waals surface area contributed by atoms with Crippen LogP contribution in [0.25, 0.3) is 0 Å². The second-order valence-electron chi connectivity index (χ2n) is 11.9. The molecule has 4 aliphatic rings. The van der Waals surface area contributed by atoms with Crippen LogP contribution >= 0.6 is 23.2 Å². The number of rotatable bonds is 4. The number of benzene rings is 3. The number of phenolic OH excluding ortho intramolecular Hbond substituents is 1. The molecule has 6 atom stereocenters. The SMILES string of the molecule is O=C(O)c1ccc(N2C(=O)[C@H]3[C@H](CC=C4[C@H]3C[C@@]3(Cl)C(=O)N(c5ccc(F)cc5)C(=O)[C@@]3(Cl)[C@H]4c3cccc(O)c3)C2=O)cc1O. The Kier molecular flexibility index (Phi) is 6.60. The number of hydrogen-bond acceptors (Lipinski definition) is 7. The van der Waals surface area contributed by atoms with Crippen LogP contribution in [-0.2, 0) is 19.2 Å². The highest BCUT2D eigenvalue weighted by Crippen LogP contribution is 2.66. The van der Waals surface area contributed by atoms with Crippen molar-refractivity contribution in [2.75, 3.05) is 9.80 Å². The number of aromatic hydroxyl groups is 2. The Bertz CT molecular complexity index is 1930. The Morgan fingerprint density at radius 1 is 0.848 bits per heavy atom. The first kappa shape index (κ1) is 29.9. The lowest BCUT2D eigenvalue weighted by Gasteiger charge is -2.50. The number of carboxylic acids is 1. The first-order valence-corrected chi connectivity index (χ1v) is 15.0. The number of nitrogens with zero attached hydrogens (tertiary/aromatic N) is 2. The summed E-state index contributed by atoms with van der Waals surface area (Å²) in [6, 6.07) is 14.0. The van der Waals surface area contributed by atoms with Crippen molar-refractivity contribution in [1.29, 1.82) is 0 Å². The van der Waals surface area contributed by atoms with Gasteiger partial charge >= 0.3 is 5.97 Å². The smallest absolute Gasteiger partial charge is 0.339 e. The molecule has 2 heterocycles. The highest BCUT2D eigenvalue weighted by atomic mass is 35.5. The number of hydrogen-bond donors (Lipinski definition) is 3. The fourth-order valence-electron chi connectivity index (χ4n) is 7.57. The van der Waals surface area contributed by atoms with E-state index in [0.717, 1.165) is 34.1 Å². The molecule has 0 aromatic heterocycles. The lowest BCUT2D eigenvalue weighted by molar-refractivity contribution is -0.125. The molecule has 3 aromatic rings. The van der Waals surface area contributed by atoms with E-state index in [4.69, 9.17) is 23.2 Å². The molecule has 234 valence electrons. The lowest BCUT2D eigenvalue weighted by Crippen LogP contribution is -2.60. The summed E-state index contributed by atoms with van der Waals surface area (Å²) in [4.78, 5) is 65.2. The second-order valence-corrected chi connectivity index (χ2v) is 13.1. The maximum absolute atomic E-state index is 14.3. The molecule has 0 unspecified atom stereocenters. The van der Waals surface area contributed by atoms with Gasteiger partial charge in [0, 0.05) is 12.0 Å². The minimum absolute atomic E-state index is 0.0318. The molecular formula is C33H23Cl2FN2O8. The fourth-order valence-corrected chi connectivity index (χ4v) is 8.51. The van der Waals surface area contributed by atoms with E-state index in [-0.39, 0.29) is 30.0 Å². The zero-order valence-electron chi connectivity index (χ0n) is 23.6. The minimum atomic E-state index is -2.15. The van der Waals surface area contributed by atoms with Gasteiger partial charge in [0.05, 0.1) is 23.2 Å². The van der Waals surface area contributed by atoms with Gasteiger partial charge in [0.2, 0.25) is 11.8 Å². The number of carbonyl (C=O) groups is 5. The number of allylic oxidation sites excluding steroid dienone is 2. The number of carboxylic acid groups (broad SMARTS) is 1.